The first kappa shape index (κ1) is 18.6. The van der Waals surface area contributed by atoms with Crippen molar-refractivity contribution in [2.24, 2.45) is 0 Å². The monoisotopic (exact) mass is 384 g/mol. The van der Waals surface area contributed by atoms with Gasteiger partial charge in [0.15, 0.2) is 11.2 Å². The number of ether oxygens (including phenoxy) is 3. The third kappa shape index (κ3) is 3.52. The quantitative estimate of drug-likeness (QED) is 0.330. The van der Waals surface area contributed by atoms with E-state index in [4.69, 9.17) is 23.0 Å². The molecule has 6 nitrogen and oxygen atoms in total. The molecule has 0 amide bonds. The normalized spacial score (nSPS) is 17.6. The van der Waals surface area contributed by atoms with Crippen molar-refractivity contribution in [2.75, 3.05) is 13.2 Å². The Morgan fingerprint density at radius 3 is 2.57 bits per heavy atom. The molecule has 1 unspecified atom stereocenters. The van der Waals surface area contributed by atoms with Crippen LogP contribution in [0.15, 0.2) is 49.7 Å². The van der Waals surface area contributed by atoms with Gasteiger partial charge < -0.3 is 23.0 Å². The summed E-state index contributed by atoms with van der Waals surface area (Å²) < 4.78 is 28.8. The zero-order valence-electron chi connectivity index (χ0n) is 16.5. The zero-order valence-corrected chi connectivity index (χ0v) is 16.5. The molecule has 0 N–H and O–H groups in total. The Morgan fingerprint density at radius 2 is 1.86 bits per heavy atom. The Morgan fingerprint density at radius 1 is 1.11 bits per heavy atom. The van der Waals surface area contributed by atoms with Crippen LogP contribution in [0.25, 0.3) is 21.9 Å². The average Bonchev–Trinajstić information content (AvgIpc) is 3.02. The van der Waals surface area contributed by atoms with Gasteiger partial charge in [0.05, 0.1) is 35.3 Å². The maximum absolute atomic E-state index is 11.9. The fourth-order valence-corrected chi connectivity index (χ4v) is 3.26. The Kier molecular flexibility index (Phi) is 4.67. The van der Waals surface area contributed by atoms with E-state index in [1.54, 1.807) is 12.3 Å². The fourth-order valence-electron chi connectivity index (χ4n) is 3.26. The summed E-state index contributed by atoms with van der Waals surface area (Å²) in [4.78, 5) is 11.9. The Balaban J connectivity index is 1.73. The van der Waals surface area contributed by atoms with E-state index in [2.05, 4.69) is 13.8 Å². The molecular formula is C22H24O6. The number of rotatable bonds is 7. The second kappa shape index (κ2) is 7.02. The van der Waals surface area contributed by atoms with Gasteiger partial charge in [-0.25, -0.2) is 4.79 Å². The Hall–Kier alpha value is -2.73. The van der Waals surface area contributed by atoms with Crippen LogP contribution in [0.4, 0.5) is 0 Å². The fraction of sp³-hybridized carbons (Fsp3) is 0.409. The van der Waals surface area contributed by atoms with E-state index in [0.717, 1.165) is 17.4 Å². The summed E-state index contributed by atoms with van der Waals surface area (Å²) in [7, 11) is 0. The van der Waals surface area contributed by atoms with E-state index in [1.165, 1.54) is 6.07 Å². The van der Waals surface area contributed by atoms with Crippen LogP contribution in [0.1, 0.15) is 34.1 Å². The van der Waals surface area contributed by atoms with Gasteiger partial charge in [-0.15, -0.1) is 0 Å². The van der Waals surface area contributed by atoms with Gasteiger partial charge in [-0.2, -0.15) is 0 Å². The summed E-state index contributed by atoms with van der Waals surface area (Å²) in [6.07, 6.45) is 4.48. The molecule has 0 saturated carbocycles. The number of allylic oxidation sites excluding steroid dienone is 1. The van der Waals surface area contributed by atoms with Crippen LogP contribution in [-0.2, 0) is 4.74 Å². The van der Waals surface area contributed by atoms with Gasteiger partial charge in [0.2, 0.25) is 5.75 Å². The van der Waals surface area contributed by atoms with E-state index < -0.39 is 5.63 Å². The zero-order chi connectivity index (χ0) is 19.9. The number of hydrogen-bond acceptors (Lipinski definition) is 6. The van der Waals surface area contributed by atoms with E-state index in [1.807, 2.05) is 26.0 Å². The summed E-state index contributed by atoms with van der Waals surface area (Å²) in [5.74, 6) is 1.03. The average molecular weight is 384 g/mol. The minimum Gasteiger partial charge on any atom is -0.488 e. The predicted octanol–water partition coefficient (Wildman–Crippen LogP) is 4.83. The van der Waals surface area contributed by atoms with Crippen LogP contribution in [-0.4, -0.2) is 24.9 Å². The van der Waals surface area contributed by atoms with Crippen molar-refractivity contribution in [2.45, 2.75) is 45.8 Å². The molecule has 0 bridgehead atoms. The van der Waals surface area contributed by atoms with Crippen molar-refractivity contribution in [3.63, 3.8) is 0 Å². The lowest BCUT2D eigenvalue weighted by atomic mass is 10.1. The van der Waals surface area contributed by atoms with Crippen LogP contribution in [0.3, 0.4) is 0 Å². The first-order chi connectivity index (χ1) is 13.4. The molecule has 1 aliphatic rings. The highest BCUT2D eigenvalue weighted by atomic mass is 16.6. The van der Waals surface area contributed by atoms with Crippen molar-refractivity contribution in [1.82, 2.24) is 0 Å². The molecule has 1 saturated heterocycles. The molecule has 3 heterocycles. The van der Waals surface area contributed by atoms with Gasteiger partial charge in [0.25, 0.3) is 0 Å². The standard InChI is InChI=1S/C22H24O6/c1-13(2)7-10-24-18-14-5-6-17(23)27-20(14)21(19-15(18)8-11-25-19)26-12-9-16-22(3,4)28-16/h5-8,11,16H,9-10,12H2,1-4H3. The molecule has 0 radical (unpaired) electrons. The van der Waals surface area contributed by atoms with E-state index >= 15 is 0 Å². The van der Waals surface area contributed by atoms with Crippen LogP contribution >= 0.6 is 0 Å². The number of furan rings is 1. The molecule has 1 atom stereocenters. The molecule has 1 fully saturated rings. The third-order valence-corrected chi connectivity index (χ3v) is 4.91. The number of benzene rings is 1. The lowest BCUT2D eigenvalue weighted by Crippen LogP contribution is -2.09. The number of fused-ring (bicyclic) bond motifs is 2. The minimum atomic E-state index is -0.454. The van der Waals surface area contributed by atoms with Gasteiger partial charge in [0, 0.05) is 12.5 Å². The lowest BCUT2D eigenvalue weighted by Gasteiger charge is -2.13. The van der Waals surface area contributed by atoms with Gasteiger partial charge in [-0.1, -0.05) is 5.57 Å². The summed E-state index contributed by atoms with van der Waals surface area (Å²) >= 11 is 0. The summed E-state index contributed by atoms with van der Waals surface area (Å²) in [6, 6.07) is 4.91. The van der Waals surface area contributed by atoms with Crippen molar-refractivity contribution in [1.29, 1.82) is 0 Å². The van der Waals surface area contributed by atoms with Crippen molar-refractivity contribution in [3.8, 4) is 11.5 Å². The van der Waals surface area contributed by atoms with Gasteiger partial charge in [0.1, 0.15) is 12.4 Å². The molecule has 6 heteroatoms. The smallest absolute Gasteiger partial charge is 0.336 e. The molecule has 0 aliphatic carbocycles. The number of epoxide rings is 1. The molecule has 2 aromatic heterocycles. The highest BCUT2D eigenvalue weighted by Crippen LogP contribution is 2.43. The Labute approximate surface area is 162 Å². The third-order valence-electron chi connectivity index (χ3n) is 4.91. The van der Waals surface area contributed by atoms with Crippen LogP contribution in [0.5, 0.6) is 11.5 Å². The summed E-state index contributed by atoms with van der Waals surface area (Å²) in [5.41, 5.74) is 1.44. The molecule has 3 aromatic rings. The SMILES string of the molecule is CC(C)=CCOc1c2ccoc2c(OCCC2OC2(C)C)c2oc(=O)ccc12. The minimum absolute atomic E-state index is 0.0966. The van der Waals surface area contributed by atoms with E-state index in [-0.39, 0.29) is 11.7 Å². The van der Waals surface area contributed by atoms with Crippen LogP contribution in [0, 0.1) is 0 Å². The van der Waals surface area contributed by atoms with E-state index in [0.29, 0.717) is 41.3 Å². The van der Waals surface area contributed by atoms with Gasteiger partial charge in [-0.3, -0.25) is 0 Å². The number of hydrogen-bond donors (Lipinski definition) is 0. The van der Waals surface area contributed by atoms with E-state index in [9.17, 15) is 4.79 Å². The first-order valence-corrected chi connectivity index (χ1v) is 9.40. The van der Waals surface area contributed by atoms with Crippen LogP contribution in [0.2, 0.25) is 0 Å². The lowest BCUT2D eigenvalue weighted by molar-refractivity contribution is 0.273. The second-order valence-electron chi connectivity index (χ2n) is 7.76. The molecule has 1 aromatic carbocycles. The molecule has 0 spiro atoms. The van der Waals surface area contributed by atoms with Crippen LogP contribution < -0.4 is 15.1 Å². The maximum Gasteiger partial charge on any atom is 0.336 e. The molecule has 28 heavy (non-hydrogen) atoms. The highest BCUT2D eigenvalue weighted by Gasteiger charge is 2.47. The largest absolute Gasteiger partial charge is 0.488 e. The van der Waals surface area contributed by atoms with Gasteiger partial charge >= 0.3 is 5.63 Å². The van der Waals surface area contributed by atoms with Crippen molar-refractivity contribution >= 4 is 21.9 Å². The van der Waals surface area contributed by atoms with Gasteiger partial charge in [-0.05, 0) is 45.9 Å². The molecule has 4 rings (SSSR count). The molecular weight excluding hydrogens is 360 g/mol. The molecule has 1 aliphatic heterocycles. The highest BCUT2D eigenvalue weighted by molar-refractivity contribution is 6.06. The van der Waals surface area contributed by atoms with Crippen molar-refractivity contribution in [3.05, 3.63) is 46.5 Å². The predicted molar refractivity (Wildman–Crippen MR) is 106 cm³/mol. The maximum atomic E-state index is 11.9. The summed E-state index contributed by atoms with van der Waals surface area (Å²) in [6.45, 7) is 8.96. The van der Waals surface area contributed by atoms with Crippen molar-refractivity contribution < 1.29 is 23.0 Å². The summed E-state index contributed by atoms with van der Waals surface area (Å²) in [5, 5.41) is 1.45. The molecule has 148 valence electrons. The Bertz CT molecular complexity index is 1100. The topological polar surface area (TPSA) is 74.3 Å². The first-order valence-electron chi connectivity index (χ1n) is 9.40. The second-order valence-corrected chi connectivity index (χ2v) is 7.76.